The quantitative estimate of drug-likeness (QED) is 0.0760. The van der Waals surface area contributed by atoms with Crippen molar-refractivity contribution >= 4 is 29.7 Å². The van der Waals surface area contributed by atoms with Crippen molar-refractivity contribution in [3.8, 4) is 5.75 Å². The molecular weight excluding hydrogens is 486 g/mol. The maximum absolute atomic E-state index is 13.0. The van der Waals surface area contributed by atoms with E-state index in [4.69, 9.17) is 17.2 Å². The third-order valence-electron chi connectivity index (χ3n) is 5.92. The number of aliphatic carboxylic acids is 1. The second kappa shape index (κ2) is 14.0. The number of aromatic hydroxyl groups is 1. The summed E-state index contributed by atoms with van der Waals surface area (Å²) in [6.45, 7) is -0.311. The molecule has 11 N–H and O–H groups in total. The molecule has 0 saturated carbocycles. The Labute approximate surface area is 213 Å². The van der Waals surface area contributed by atoms with E-state index >= 15 is 0 Å². The van der Waals surface area contributed by atoms with Gasteiger partial charge >= 0.3 is 5.97 Å². The number of aliphatic imine (C=N–C) groups is 1. The number of phenolic OH excluding ortho intramolecular Hbond substituents is 1. The van der Waals surface area contributed by atoms with E-state index in [1.165, 1.54) is 17.0 Å². The van der Waals surface area contributed by atoms with Gasteiger partial charge in [0.2, 0.25) is 17.7 Å². The molecule has 4 atom stereocenters. The molecule has 2 rings (SSSR count). The van der Waals surface area contributed by atoms with Crippen LogP contribution in [0.1, 0.15) is 31.2 Å². The minimum Gasteiger partial charge on any atom is -0.508 e. The highest BCUT2D eigenvalue weighted by Gasteiger charge is 2.37. The molecule has 1 aliphatic heterocycles. The lowest BCUT2D eigenvalue weighted by Gasteiger charge is -2.28. The molecule has 14 heteroatoms. The van der Waals surface area contributed by atoms with Crippen LogP contribution in [0.25, 0.3) is 0 Å². The normalized spacial score (nSPS) is 17.4. The van der Waals surface area contributed by atoms with E-state index in [1.54, 1.807) is 12.1 Å². The van der Waals surface area contributed by atoms with Gasteiger partial charge in [-0.3, -0.25) is 19.4 Å². The van der Waals surface area contributed by atoms with Crippen molar-refractivity contribution in [2.24, 2.45) is 22.2 Å². The first-order valence-electron chi connectivity index (χ1n) is 11.9. The average Bonchev–Trinajstić information content (AvgIpc) is 3.34. The Balaban J connectivity index is 1.96. The molecular formula is C23H35N7O7. The summed E-state index contributed by atoms with van der Waals surface area (Å²) in [6.07, 6.45) is 1.38. The Morgan fingerprint density at radius 3 is 2.38 bits per heavy atom. The molecule has 1 aromatic rings. The first-order chi connectivity index (χ1) is 17.5. The molecule has 1 fully saturated rings. The maximum atomic E-state index is 13.0. The van der Waals surface area contributed by atoms with Crippen molar-refractivity contribution in [2.45, 2.75) is 56.3 Å². The SMILES string of the molecule is NC(N)=NCCCC(NC(=O)C(CO)NC(=O)C1CCCN1C(=O)C(N)Cc1ccc(O)cc1)C(=O)O. The van der Waals surface area contributed by atoms with Crippen LogP contribution in [0.3, 0.4) is 0 Å². The van der Waals surface area contributed by atoms with Gasteiger partial charge < -0.3 is 48.1 Å². The van der Waals surface area contributed by atoms with Crippen molar-refractivity contribution in [3.05, 3.63) is 29.8 Å². The number of carbonyl (C=O) groups is 4. The molecule has 37 heavy (non-hydrogen) atoms. The van der Waals surface area contributed by atoms with Gasteiger partial charge in [0.25, 0.3) is 0 Å². The summed E-state index contributed by atoms with van der Waals surface area (Å²) < 4.78 is 0. The number of aliphatic hydroxyl groups excluding tert-OH is 1. The summed E-state index contributed by atoms with van der Waals surface area (Å²) in [6, 6.07) is 1.74. The number of carboxylic acids is 1. The van der Waals surface area contributed by atoms with Gasteiger partial charge in [0, 0.05) is 13.1 Å². The lowest BCUT2D eigenvalue weighted by molar-refractivity contribution is -0.143. The maximum Gasteiger partial charge on any atom is 0.326 e. The van der Waals surface area contributed by atoms with Gasteiger partial charge in [0.15, 0.2) is 5.96 Å². The number of likely N-dealkylation sites (tertiary alicyclic amines) is 1. The van der Waals surface area contributed by atoms with E-state index in [1.807, 2.05) is 0 Å². The number of rotatable bonds is 13. The zero-order valence-corrected chi connectivity index (χ0v) is 20.4. The number of nitrogens with zero attached hydrogens (tertiary/aromatic N) is 2. The summed E-state index contributed by atoms with van der Waals surface area (Å²) in [7, 11) is 0. The topological polar surface area (TPSA) is 247 Å². The zero-order valence-electron chi connectivity index (χ0n) is 20.4. The van der Waals surface area contributed by atoms with Crippen molar-refractivity contribution < 1.29 is 34.5 Å². The van der Waals surface area contributed by atoms with Gasteiger partial charge in [-0.05, 0) is 49.8 Å². The largest absolute Gasteiger partial charge is 0.508 e. The summed E-state index contributed by atoms with van der Waals surface area (Å²) in [5.74, 6) is -3.33. The van der Waals surface area contributed by atoms with Crippen LogP contribution in [0.2, 0.25) is 0 Å². The van der Waals surface area contributed by atoms with E-state index in [9.17, 15) is 34.5 Å². The molecule has 0 aliphatic carbocycles. The highest BCUT2D eigenvalue weighted by molar-refractivity contribution is 5.94. The minimum absolute atomic E-state index is 0.0216. The van der Waals surface area contributed by atoms with Crippen molar-refractivity contribution in [1.82, 2.24) is 15.5 Å². The highest BCUT2D eigenvalue weighted by Crippen LogP contribution is 2.20. The number of nitrogens with two attached hydrogens (primary N) is 3. The smallest absolute Gasteiger partial charge is 0.326 e. The first kappa shape index (κ1) is 29.3. The van der Waals surface area contributed by atoms with Crippen LogP contribution in [0.15, 0.2) is 29.3 Å². The molecule has 1 aromatic carbocycles. The molecule has 1 saturated heterocycles. The van der Waals surface area contributed by atoms with Crippen LogP contribution in [0.5, 0.6) is 5.75 Å². The van der Waals surface area contributed by atoms with E-state index in [2.05, 4.69) is 15.6 Å². The van der Waals surface area contributed by atoms with Crippen LogP contribution in [-0.2, 0) is 25.6 Å². The van der Waals surface area contributed by atoms with Gasteiger partial charge in [-0.2, -0.15) is 0 Å². The second-order valence-electron chi connectivity index (χ2n) is 8.76. The van der Waals surface area contributed by atoms with E-state index < -0.39 is 54.5 Å². The van der Waals surface area contributed by atoms with E-state index in [0.717, 1.165) is 5.56 Å². The van der Waals surface area contributed by atoms with Crippen LogP contribution in [0, 0.1) is 0 Å². The summed E-state index contributed by atoms with van der Waals surface area (Å²) in [5.41, 5.74) is 17.3. The van der Waals surface area contributed by atoms with Crippen LogP contribution < -0.4 is 27.8 Å². The predicted octanol–water partition coefficient (Wildman–Crippen LogP) is -2.65. The molecule has 1 heterocycles. The Morgan fingerprint density at radius 2 is 1.78 bits per heavy atom. The van der Waals surface area contributed by atoms with Crippen molar-refractivity contribution in [1.29, 1.82) is 0 Å². The summed E-state index contributed by atoms with van der Waals surface area (Å²) >= 11 is 0. The lowest BCUT2D eigenvalue weighted by Crippen LogP contribution is -2.57. The zero-order chi connectivity index (χ0) is 27.5. The Morgan fingerprint density at radius 1 is 1.11 bits per heavy atom. The summed E-state index contributed by atoms with van der Waals surface area (Å²) in [5, 5.41) is 33.2. The fourth-order valence-corrected chi connectivity index (χ4v) is 3.98. The number of hydrogen-bond donors (Lipinski definition) is 8. The fraction of sp³-hybridized carbons (Fsp3) is 0.522. The molecule has 0 spiro atoms. The molecule has 1 aliphatic rings. The summed E-state index contributed by atoms with van der Waals surface area (Å²) in [4.78, 5) is 55.1. The van der Waals surface area contributed by atoms with Gasteiger partial charge in [0.05, 0.1) is 12.6 Å². The fourth-order valence-electron chi connectivity index (χ4n) is 3.98. The predicted molar refractivity (Wildman–Crippen MR) is 133 cm³/mol. The highest BCUT2D eigenvalue weighted by atomic mass is 16.4. The number of aliphatic hydroxyl groups is 1. The van der Waals surface area contributed by atoms with Crippen LogP contribution in [0.4, 0.5) is 0 Å². The number of carbonyl (C=O) groups excluding carboxylic acids is 3. The van der Waals surface area contributed by atoms with Crippen LogP contribution in [-0.4, -0.2) is 93.7 Å². The number of phenols is 1. The third-order valence-corrected chi connectivity index (χ3v) is 5.92. The Hall–Kier alpha value is -3.91. The van der Waals surface area contributed by atoms with Gasteiger partial charge in [0.1, 0.15) is 23.9 Å². The standard InChI is InChI=1S/C23H35N7O7/c24-15(11-13-5-7-14(32)8-6-13)21(35)30-10-2-4-18(30)20(34)29-17(12-31)19(33)28-16(22(36)37)3-1-9-27-23(25)26/h5-8,15-18,31-32H,1-4,9-12,24H2,(H,28,33)(H,29,34)(H,36,37)(H4,25,26,27). The molecule has 204 valence electrons. The monoisotopic (exact) mass is 521 g/mol. The van der Waals surface area contributed by atoms with Crippen molar-refractivity contribution in [2.75, 3.05) is 19.7 Å². The number of guanidine groups is 1. The molecule has 3 amide bonds. The number of hydrogen-bond acceptors (Lipinski definition) is 8. The number of carboxylic acid groups (broad SMARTS) is 1. The molecule has 0 bridgehead atoms. The van der Waals surface area contributed by atoms with Crippen LogP contribution >= 0.6 is 0 Å². The lowest BCUT2D eigenvalue weighted by atomic mass is 10.0. The first-order valence-corrected chi connectivity index (χ1v) is 11.9. The Kier molecular flexibility index (Phi) is 11.1. The number of benzene rings is 1. The molecule has 14 nitrogen and oxygen atoms in total. The third kappa shape index (κ3) is 8.91. The van der Waals surface area contributed by atoms with E-state index in [0.29, 0.717) is 19.4 Å². The minimum atomic E-state index is -1.42. The molecule has 0 radical (unpaired) electrons. The van der Waals surface area contributed by atoms with Gasteiger partial charge in [-0.15, -0.1) is 0 Å². The van der Waals surface area contributed by atoms with Crippen molar-refractivity contribution in [3.63, 3.8) is 0 Å². The molecule has 4 unspecified atom stereocenters. The van der Waals surface area contributed by atoms with E-state index in [-0.39, 0.29) is 37.5 Å². The van der Waals surface area contributed by atoms with Gasteiger partial charge in [-0.25, -0.2) is 4.79 Å². The second-order valence-corrected chi connectivity index (χ2v) is 8.76. The van der Waals surface area contributed by atoms with Gasteiger partial charge in [-0.1, -0.05) is 12.1 Å². The Bertz CT molecular complexity index is 982. The molecule has 0 aromatic heterocycles. The average molecular weight is 522 g/mol. The number of amides is 3. The number of nitrogens with one attached hydrogen (secondary N) is 2.